The largest absolute Gasteiger partial charge is 0.492 e. The van der Waals surface area contributed by atoms with Crippen LogP contribution in [-0.4, -0.2) is 28.6 Å². The molecule has 0 spiro atoms. The van der Waals surface area contributed by atoms with E-state index in [4.69, 9.17) is 21.3 Å². The van der Waals surface area contributed by atoms with E-state index in [1.807, 2.05) is 18.2 Å². The Morgan fingerprint density at radius 1 is 0.971 bits per heavy atom. The number of carbonyl (C=O) groups excluding carboxylic acids is 1. The van der Waals surface area contributed by atoms with Crippen molar-refractivity contribution < 1.29 is 9.53 Å². The maximum atomic E-state index is 12.3. The number of aryl methyl sites for hydroxylation is 3. The molecule has 5 nitrogen and oxygen atoms in total. The van der Waals surface area contributed by atoms with E-state index in [1.165, 1.54) is 11.1 Å². The molecule has 0 saturated heterocycles. The van der Waals surface area contributed by atoms with E-state index < -0.39 is 0 Å². The summed E-state index contributed by atoms with van der Waals surface area (Å²) in [6, 6.07) is 21.7. The van der Waals surface area contributed by atoms with Crippen LogP contribution in [0.5, 0.6) is 5.75 Å². The van der Waals surface area contributed by atoms with Crippen LogP contribution in [0.3, 0.4) is 0 Å². The molecule has 0 bridgehead atoms. The third-order valence-electron chi connectivity index (χ3n) is 5.99. The highest BCUT2D eigenvalue weighted by molar-refractivity contribution is 6.33. The van der Waals surface area contributed by atoms with Gasteiger partial charge >= 0.3 is 0 Å². The minimum atomic E-state index is -0.124. The van der Waals surface area contributed by atoms with Crippen molar-refractivity contribution in [1.82, 2.24) is 14.9 Å². The van der Waals surface area contributed by atoms with E-state index in [0.717, 1.165) is 54.8 Å². The van der Waals surface area contributed by atoms with Gasteiger partial charge in [-0.05, 0) is 74.2 Å². The zero-order valence-corrected chi connectivity index (χ0v) is 21.1. The molecule has 6 heteroatoms. The number of fused-ring (bicyclic) bond motifs is 1. The Bertz CT molecular complexity index is 1280. The molecule has 4 aromatic rings. The lowest BCUT2D eigenvalue weighted by molar-refractivity contribution is 0.0953. The Morgan fingerprint density at radius 3 is 2.51 bits per heavy atom. The molecular formula is C29H32ClN3O2. The monoisotopic (exact) mass is 489 g/mol. The number of unbranched alkanes of at least 4 members (excludes halogenated alkanes) is 2. The van der Waals surface area contributed by atoms with Crippen LogP contribution in [0.1, 0.15) is 46.6 Å². The van der Waals surface area contributed by atoms with Gasteiger partial charge in [0.25, 0.3) is 5.91 Å². The number of amides is 1. The number of imidazole rings is 1. The maximum absolute atomic E-state index is 12.3. The summed E-state index contributed by atoms with van der Waals surface area (Å²) in [6.45, 7) is 6.14. The quantitative estimate of drug-likeness (QED) is 0.244. The molecule has 4 rings (SSSR count). The Labute approximate surface area is 212 Å². The highest BCUT2D eigenvalue weighted by atomic mass is 35.5. The number of benzene rings is 3. The van der Waals surface area contributed by atoms with Gasteiger partial charge in [0, 0.05) is 13.0 Å². The van der Waals surface area contributed by atoms with Gasteiger partial charge in [-0.1, -0.05) is 48.4 Å². The number of rotatable bonds is 11. The van der Waals surface area contributed by atoms with Crippen molar-refractivity contribution in [3.63, 3.8) is 0 Å². The zero-order chi connectivity index (χ0) is 24.6. The SMILES string of the molecule is Cc1cc(C)cc(OCCn2c(CCCCCNC(=O)c3ccccc3Cl)nc3ccccc32)c1. The lowest BCUT2D eigenvalue weighted by Gasteiger charge is -2.12. The Balaban J connectivity index is 1.29. The number of nitrogens with zero attached hydrogens (tertiary/aromatic N) is 2. The van der Waals surface area contributed by atoms with E-state index in [1.54, 1.807) is 12.1 Å². The topological polar surface area (TPSA) is 56.1 Å². The predicted octanol–water partition coefficient (Wildman–Crippen LogP) is 6.53. The summed E-state index contributed by atoms with van der Waals surface area (Å²) >= 11 is 6.10. The maximum Gasteiger partial charge on any atom is 0.252 e. The molecule has 1 aromatic heterocycles. The fourth-order valence-corrected chi connectivity index (χ4v) is 4.59. The molecule has 0 aliphatic carbocycles. The molecule has 1 N–H and O–H groups in total. The van der Waals surface area contributed by atoms with Gasteiger partial charge in [0.2, 0.25) is 0 Å². The summed E-state index contributed by atoms with van der Waals surface area (Å²) in [7, 11) is 0. The van der Waals surface area contributed by atoms with Gasteiger partial charge < -0.3 is 14.6 Å². The zero-order valence-electron chi connectivity index (χ0n) is 20.4. The summed E-state index contributed by atoms with van der Waals surface area (Å²) in [5.74, 6) is 1.86. The molecular weight excluding hydrogens is 458 g/mol. The standard InChI is InChI=1S/C29H32ClN3O2/c1-21-18-22(2)20-23(19-21)35-17-16-33-27-13-8-7-12-26(27)32-28(33)14-4-3-9-15-31-29(34)24-10-5-6-11-25(24)30/h5-8,10-13,18-20H,3-4,9,14-17H2,1-2H3,(H,31,34). The number of hydrogen-bond donors (Lipinski definition) is 1. The number of carbonyl (C=O) groups is 1. The lowest BCUT2D eigenvalue weighted by atomic mass is 10.1. The summed E-state index contributed by atoms with van der Waals surface area (Å²) in [4.78, 5) is 17.2. The predicted molar refractivity (Wildman–Crippen MR) is 142 cm³/mol. The van der Waals surface area contributed by atoms with Crippen LogP contribution in [0.2, 0.25) is 5.02 Å². The van der Waals surface area contributed by atoms with Crippen LogP contribution >= 0.6 is 11.6 Å². The second kappa shape index (κ2) is 11.9. The van der Waals surface area contributed by atoms with Crippen LogP contribution in [0, 0.1) is 13.8 Å². The van der Waals surface area contributed by atoms with E-state index in [9.17, 15) is 4.79 Å². The first-order valence-electron chi connectivity index (χ1n) is 12.2. The first-order chi connectivity index (χ1) is 17.0. The van der Waals surface area contributed by atoms with Gasteiger partial charge in [-0.2, -0.15) is 0 Å². The number of para-hydroxylation sites is 2. The van der Waals surface area contributed by atoms with Gasteiger partial charge in [-0.15, -0.1) is 0 Å². The summed E-state index contributed by atoms with van der Waals surface area (Å²) < 4.78 is 8.35. The molecule has 0 unspecified atom stereocenters. The lowest BCUT2D eigenvalue weighted by Crippen LogP contribution is -2.24. The number of nitrogens with one attached hydrogen (secondary N) is 1. The third kappa shape index (κ3) is 6.64. The van der Waals surface area contributed by atoms with Crippen LogP contribution in [-0.2, 0) is 13.0 Å². The summed E-state index contributed by atoms with van der Waals surface area (Å²) in [6.07, 6.45) is 3.80. The molecule has 35 heavy (non-hydrogen) atoms. The second-order valence-electron chi connectivity index (χ2n) is 8.89. The molecule has 0 fully saturated rings. The van der Waals surface area contributed by atoms with Crippen LogP contribution in [0.15, 0.2) is 66.7 Å². The number of ether oxygens (including phenoxy) is 1. The van der Waals surface area contributed by atoms with Gasteiger partial charge in [0.15, 0.2) is 0 Å². The summed E-state index contributed by atoms with van der Waals surface area (Å²) in [5.41, 5.74) is 5.08. The second-order valence-corrected chi connectivity index (χ2v) is 9.29. The third-order valence-corrected chi connectivity index (χ3v) is 6.32. The molecule has 1 amide bonds. The average molecular weight is 490 g/mol. The molecule has 0 saturated carbocycles. The molecule has 0 atom stereocenters. The fourth-order valence-electron chi connectivity index (χ4n) is 4.36. The molecule has 0 aliphatic rings. The average Bonchev–Trinajstić information content (AvgIpc) is 3.18. The summed E-state index contributed by atoms with van der Waals surface area (Å²) in [5, 5.41) is 3.44. The Morgan fingerprint density at radius 2 is 1.71 bits per heavy atom. The van der Waals surface area contributed by atoms with Crippen molar-refractivity contribution in [2.24, 2.45) is 0 Å². The van der Waals surface area contributed by atoms with Crippen molar-refractivity contribution in [3.8, 4) is 5.75 Å². The number of aromatic nitrogens is 2. The highest BCUT2D eigenvalue weighted by Gasteiger charge is 2.11. The fraction of sp³-hybridized carbons (Fsp3) is 0.310. The molecule has 3 aromatic carbocycles. The molecule has 182 valence electrons. The van der Waals surface area contributed by atoms with E-state index >= 15 is 0 Å². The van der Waals surface area contributed by atoms with Gasteiger partial charge in [0.1, 0.15) is 18.2 Å². The van der Waals surface area contributed by atoms with Crippen molar-refractivity contribution >= 4 is 28.5 Å². The van der Waals surface area contributed by atoms with Crippen molar-refractivity contribution in [3.05, 3.63) is 94.3 Å². The smallest absolute Gasteiger partial charge is 0.252 e. The molecule has 0 aliphatic heterocycles. The Kier molecular flexibility index (Phi) is 8.43. The van der Waals surface area contributed by atoms with Gasteiger partial charge in [-0.3, -0.25) is 4.79 Å². The Hall–Kier alpha value is -3.31. The van der Waals surface area contributed by atoms with E-state index in [2.05, 4.69) is 60.1 Å². The van der Waals surface area contributed by atoms with Gasteiger partial charge in [0.05, 0.1) is 28.2 Å². The van der Waals surface area contributed by atoms with Crippen molar-refractivity contribution in [2.45, 2.75) is 46.1 Å². The normalized spacial score (nSPS) is 11.1. The minimum Gasteiger partial charge on any atom is -0.492 e. The van der Waals surface area contributed by atoms with Crippen molar-refractivity contribution in [1.29, 1.82) is 0 Å². The van der Waals surface area contributed by atoms with E-state index in [-0.39, 0.29) is 5.91 Å². The van der Waals surface area contributed by atoms with Crippen LogP contribution < -0.4 is 10.1 Å². The van der Waals surface area contributed by atoms with Gasteiger partial charge in [-0.25, -0.2) is 4.98 Å². The highest BCUT2D eigenvalue weighted by Crippen LogP contribution is 2.20. The first-order valence-corrected chi connectivity index (χ1v) is 12.6. The first kappa shape index (κ1) is 24.8. The minimum absolute atomic E-state index is 0.124. The molecule has 1 heterocycles. The van der Waals surface area contributed by atoms with Crippen LogP contribution in [0.25, 0.3) is 11.0 Å². The van der Waals surface area contributed by atoms with Crippen LogP contribution in [0.4, 0.5) is 0 Å². The van der Waals surface area contributed by atoms with Crippen molar-refractivity contribution in [2.75, 3.05) is 13.2 Å². The van der Waals surface area contributed by atoms with E-state index in [0.29, 0.717) is 23.7 Å². The molecule has 0 radical (unpaired) electrons. The number of hydrogen-bond acceptors (Lipinski definition) is 3. The number of halogens is 1.